The van der Waals surface area contributed by atoms with Crippen LogP contribution in [-0.2, 0) is 12.7 Å². The van der Waals surface area contributed by atoms with Crippen LogP contribution in [0.5, 0.6) is 0 Å². The largest absolute Gasteiger partial charge is 0.416 e. The summed E-state index contributed by atoms with van der Waals surface area (Å²) in [6, 6.07) is 13.7. The number of halogens is 3. The zero-order valence-corrected chi connectivity index (χ0v) is 15.0. The normalized spacial score (nSPS) is 11.0. The number of alkyl halides is 3. The molecule has 0 spiro atoms. The second-order valence-corrected chi connectivity index (χ2v) is 6.15. The molecule has 5 nitrogen and oxygen atoms in total. The van der Waals surface area contributed by atoms with Crippen LogP contribution in [0.2, 0.25) is 0 Å². The van der Waals surface area contributed by atoms with Crippen molar-refractivity contribution in [2.75, 3.05) is 5.32 Å². The fourth-order valence-electron chi connectivity index (χ4n) is 2.51. The van der Waals surface area contributed by atoms with Crippen molar-refractivity contribution in [3.8, 4) is 0 Å². The van der Waals surface area contributed by atoms with Crippen LogP contribution >= 0.6 is 0 Å². The summed E-state index contributed by atoms with van der Waals surface area (Å²) in [6.07, 6.45) is -1.15. The molecule has 0 atom stereocenters. The second kappa shape index (κ2) is 8.55. The topological polar surface area (TPSA) is 71.1 Å². The summed E-state index contributed by atoms with van der Waals surface area (Å²) in [5, 5.41) is 5.27. The molecule has 0 aliphatic carbocycles. The molecule has 1 aromatic heterocycles. The molecule has 29 heavy (non-hydrogen) atoms. The molecule has 2 aromatic carbocycles. The third kappa shape index (κ3) is 5.41. The molecule has 0 aliphatic rings. The van der Waals surface area contributed by atoms with Gasteiger partial charge in [0.25, 0.3) is 11.8 Å². The van der Waals surface area contributed by atoms with E-state index >= 15 is 0 Å². The molecule has 3 rings (SSSR count). The van der Waals surface area contributed by atoms with Crippen molar-refractivity contribution < 1.29 is 22.8 Å². The number of carbonyl (C=O) groups excluding carboxylic acids is 2. The van der Waals surface area contributed by atoms with Crippen LogP contribution in [0.25, 0.3) is 0 Å². The van der Waals surface area contributed by atoms with E-state index in [1.54, 1.807) is 18.5 Å². The molecule has 8 heteroatoms. The molecule has 0 radical (unpaired) electrons. The molecular weight excluding hydrogens is 383 g/mol. The molecule has 2 amide bonds. The van der Waals surface area contributed by atoms with Gasteiger partial charge in [0.2, 0.25) is 0 Å². The molecule has 0 aliphatic heterocycles. The monoisotopic (exact) mass is 399 g/mol. The van der Waals surface area contributed by atoms with E-state index in [9.17, 15) is 22.8 Å². The average Bonchev–Trinajstić information content (AvgIpc) is 2.72. The lowest BCUT2D eigenvalue weighted by Crippen LogP contribution is -2.23. The summed E-state index contributed by atoms with van der Waals surface area (Å²) < 4.78 is 37.7. The minimum atomic E-state index is -4.43. The summed E-state index contributed by atoms with van der Waals surface area (Å²) in [5.74, 6) is -0.796. The molecule has 2 N–H and O–H groups in total. The van der Waals surface area contributed by atoms with Gasteiger partial charge < -0.3 is 10.6 Å². The van der Waals surface area contributed by atoms with E-state index in [1.807, 2.05) is 6.07 Å². The van der Waals surface area contributed by atoms with E-state index in [0.29, 0.717) is 12.1 Å². The number of carbonyl (C=O) groups is 2. The number of anilines is 1. The Bertz CT molecular complexity index is 986. The second-order valence-electron chi connectivity index (χ2n) is 6.15. The Kier molecular flexibility index (Phi) is 5.92. The number of pyridine rings is 1. The van der Waals surface area contributed by atoms with Crippen LogP contribution in [0.4, 0.5) is 18.9 Å². The van der Waals surface area contributed by atoms with E-state index in [2.05, 4.69) is 15.6 Å². The third-order valence-electron chi connectivity index (χ3n) is 4.06. The first kappa shape index (κ1) is 20.1. The number of rotatable bonds is 5. The summed E-state index contributed by atoms with van der Waals surface area (Å²) in [4.78, 5) is 28.4. The fraction of sp³-hybridized carbons (Fsp3) is 0.0952. The van der Waals surface area contributed by atoms with Crippen LogP contribution in [0, 0.1) is 0 Å². The minimum Gasteiger partial charge on any atom is -0.348 e. The highest BCUT2D eigenvalue weighted by Gasteiger charge is 2.30. The Labute approximate surface area is 164 Å². The van der Waals surface area contributed by atoms with Crippen molar-refractivity contribution >= 4 is 17.5 Å². The molecule has 1 heterocycles. The molecule has 0 saturated carbocycles. The van der Waals surface area contributed by atoms with Gasteiger partial charge in [-0.05, 0) is 60.2 Å². The Morgan fingerprint density at radius 3 is 2.03 bits per heavy atom. The first-order chi connectivity index (χ1) is 13.8. The summed E-state index contributed by atoms with van der Waals surface area (Å²) in [5.41, 5.74) is 0.945. The molecular formula is C21H16F3N3O2. The number of hydrogen-bond acceptors (Lipinski definition) is 3. The van der Waals surface area contributed by atoms with Crippen LogP contribution in [0.15, 0.2) is 73.1 Å². The van der Waals surface area contributed by atoms with Crippen LogP contribution < -0.4 is 10.6 Å². The lowest BCUT2D eigenvalue weighted by molar-refractivity contribution is -0.137. The quantitative estimate of drug-likeness (QED) is 0.673. The average molecular weight is 399 g/mol. The lowest BCUT2D eigenvalue weighted by atomic mass is 10.1. The predicted molar refractivity (Wildman–Crippen MR) is 101 cm³/mol. The Morgan fingerprint density at radius 1 is 0.862 bits per heavy atom. The number of benzene rings is 2. The van der Waals surface area contributed by atoms with Crippen molar-refractivity contribution in [2.45, 2.75) is 12.7 Å². The van der Waals surface area contributed by atoms with Crippen LogP contribution in [0.1, 0.15) is 31.8 Å². The number of nitrogens with one attached hydrogen (secondary N) is 2. The molecule has 0 fully saturated rings. The molecule has 148 valence electrons. The van der Waals surface area contributed by atoms with Crippen molar-refractivity contribution in [3.05, 3.63) is 95.3 Å². The summed E-state index contributed by atoms with van der Waals surface area (Å²) in [6.45, 7) is 0.322. The Balaban J connectivity index is 1.59. The Hall–Kier alpha value is -3.68. The highest BCUT2D eigenvalue weighted by atomic mass is 19.4. The van der Waals surface area contributed by atoms with Gasteiger partial charge in [0.15, 0.2) is 0 Å². The lowest BCUT2D eigenvalue weighted by Gasteiger charge is -2.09. The van der Waals surface area contributed by atoms with Crippen molar-refractivity contribution in [2.24, 2.45) is 0 Å². The zero-order valence-electron chi connectivity index (χ0n) is 15.0. The zero-order chi connectivity index (χ0) is 20.9. The maximum Gasteiger partial charge on any atom is 0.416 e. The number of aromatic nitrogens is 1. The molecule has 3 aromatic rings. The Morgan fingerprint density at radius 2 is 1.48 bits per heavy atom. The van der Waals surface area contributed by atoms with E-state index in [4.69, 9.17) is 0 Å². The van der Waals surface area contributed by atoms with Gasteiger partial charge in [0, 0.05) is 35.8 Å². The van der Waals surface area contributed by atoms with Gasteiger partial charge in [-0.15, -0.1) is 0 Å². The maximum absolute atomic E-state index is 12.6. The molecule has 0 saturated heterocycles. The highest BCUT2D eigenvalue weighted by Crippen LogP contribution is 2.29. The van der Waals surface area contributed by atoms with Gasteiger partial charge in [0.1, 0.15) is 0 Å². The van der Waals surface area contributed by atoms with E-state index in [0.717, 1.165) is 17.7 Å². The fourth-order valence-corrected chi connectivity index (χ4v) is 2.51. The van der Waals surface area contributed by atoms with Crippen molar-refractivity contribution in [3.63, 3.8) is 0 Å². The summed E-state index contributed by atoms with van der Waals surface area (Å²) >= 11 is 0. The van der Waals surface area contributed by atoms with Crippen molar-refractivity contribution in [1.82, 2.24) is 10.3 Å². The molecule has 0 bridgehead atoms. The standard InChI is InChI=1S/C21H16F3N3O2/c22-21(23,24)17-7-9-18(10-8-17)27-20(29)16-5-3-15(4-6-16)19(28)26-13-14-2-1-11-25-12-14/h1-12H,13H2,(H,26,28)(H,27,29). The first-order valence-corrected chi connectivity index (χ1v) is 8.59. The van der Waals surface area contributed by atoms with Gasteiger partial charge in [0.05, 0.1) is 5.56 Å². The van der Waals surface area contributed by atoms with E-state index < -0.39 is 17.6 Å². The van der Waals surface area contributed by atoms with Crippen LogP contribution in [0.3, 0.4) is 0 Å². The molecule has 0 unspecified atom stereocenters. The van der Waals surface area contributed by atoms with Gasteiger partial charge in [-0.3, -0.25) is 14.6 Å². The van der Waals surface area contributed by atoms with E-state index in [-0.39, 0.29) is 17.2 Å². The minimum absolute atomic E-state index is 0.237. The van der Waals surface area contributed by atoms with Gasteiger partial charge in [-0.25, -0.2) is 0 Å². The smallest absolute Gasteiger partial charge is 0.348 e. The van der Waals surface area contributed by atoms with Gasteiger partial charge >= 0.3 is 6.18 Å². The van der Waals surface area contributed by atoms with Gasteiger partial charge in [-0.2, -0.15) is 13.2 Å². The number of amides is 2. The third-order valence-corrected chi connectivity index (χ3v) is 4.06. The predicted octanol–water partition coefficient (Wildman–Crippen LogP) is 4.28. The number of nitrogens with zero attached hydrogens (tertiary/aromatic N) is 1. The van der Waals surface area contributed by atoms with E-state index in [1.165, 1.54) is 36.4 Å². The first-order valence-electron chi connectivity index (χ1n) is 8.59. The van der Waals surface area contributed by atoms with Crippen LogP contribution in [-0.4, -0.2) is 16.8 Å². The highest BCUT2D eigenvalue weighted by molar-refractivity contribution is 6.05. The maximum atomic E-state index is 12.6. The summed E-state index contributed by atoms with van der Waals surface area (Å²) in [7, 11) is 0. The van der Waals surface area contributed by atoms with Gasteiger partial charge in [-0.1, -0.05) is 6.07 Å². The van der Waals surface area contributed by atoms with Crippen molar-refractivity contribution in [1.29, 1.82) is 0 Å². The number of hydrogen-bond donors (Lipinski definition) is 2. The SMILES string of the molecule is O=C(NCc1cccnc1)c1ccc(C(=O)Nc2ccc(C(F)(F)F)cc2)cc1.